The molecule has 0 spiro atoms. The van der Waals surface area contributed by atoms with Crippen LogP contribution >= 0.6 is 11.3 Å². The van der Waals surface area contributed by atoms with Gasteiger partial charge in [0.2, 0.25) is 17.7 Å². The second-order valence-electron chi connectivity index (χ2n) is 14.1. The molecule has 4 rings (SSSR count). The van der Waals surface area contributed by atoms with Crippen molar-refractivity contribution >= 4 is 29.1 Å². The highest BCUT2D eigenvalue weighted by Gasteiger charge is 2.59. The molecule has 4 N–H and O–H groups in total. The van der Waals surface area contributed by atoms with Crippen LogP contribution in [0.1, 0.15) is 84.8 Å². The number of nitrogens with zero attached hydrogens (tertiary/aromatic N) is 2. The number of nitrogens with one attached hydrogen (secondary N) is 2. The van der Waals surface area contributed by atoms with Crippen molar-refractivity contribution in [3.8, 4) is 0 Å². The van der Waals surface area contributed by atoms with E-state index in [1.54, 1.807) is 10.4 Å². The van der Waals surface area contributed by atoms with Crippen LogP contribution in [0.4, 0.5) is 0 Å². The zero-order valence-electron chi connectivity index (χ0n) is 27.0. The normalized spacial score (nSPS) is 25.4. The molecule has 2 aliphatic carbocycles. The first kappa shape index (κ1) is 34.8. The van der Waals surface area contributed by atoms with Gasteiger partial charge < -0.3 is 30.5 Å². The number of aromatic nitrogens is 1. The molecule has 248 valence electrons. The molecule has 0 radical (unpaired) electrons. The SMILES string of the molecule is CC(C)C[C@H]1[C@@H](C(=O)N[C@@H](Cc2cscn2)C(=O)N[C@@H](CC2CCCCC2)[C@@H](O)[C@@H](O)CC(C)C)[C@@H]1C(=O)N1CCOCC1. The van der Waals surface area contributed by atoms with Crippen LogP contribution in [-0.4, -0.2) is 88.4 Å². The van der Waals surface area contributed by atoms with E-state index in [0.29, 0.717) is 56.7 Å². The fourth-order valence-corrected chi connectivity index (χ4v) is 7.74. The fourth-order valence-electron chi connectivity index (χ4n) is 7.16. The van der Waals surface area contributed by atoms with E-state index < -0.39 is 42.0 Å². The lowest BCUT2D eigenvalue weighted by Crippen LogP contribution is -2.56. The largest absolute Gasteiger partial charge is 0.390 e. The van der Waals surface area contributed by atoms with Gasteiger partial charge in [-0.1, -0.05) is 59.8 Å². The summed E-state index contributed by atoms with van der Waals surface area (Å²) in [5.74, 6) is -0.784. The van der Waals surface area contributed by atoms with Gasteiger partial charge in [0, 0.05) is 24.9 Å². The van der Waals surface area contributed by atoms with Gasteiger partial charge in [0.05, 0.1) is 48.4 Å². The second-order valence-corrected chi connectivity index (χ2v) is 14.8. The number of rotatable bonds is 15. The average Bonchev–Trinajstić information content (AvgIpc) is 3.44. The summed E-state index contributed by atoms with van der Waals surface area (Å²) in [5, 5.41) is 30.0. The Kier molecular flexibility index (Phi) is 13.0. The molecule has 11 heteroatoms. The molecule has 0 bridgehead atoms. The first-order valence-corrected chi connectivity index (χ1v) is 17.7. The Hall–Kier alpha value is -2.08. The quantitative estimate of drug-likeness (QED) is 0.232. The van der Waals surface area contributed by atoms with Crippen molar-refractivity contribution in [2.24, 2.45) is 35.5 Å². The van der Waals surface area contributed by atoms with Crippen molar-refractivity contribution < 1.29 is 29.3 Å². The minimum Gasteiger partial charge on any atom is -0.390 e. The third kappa shape index (κ3) is 9.71. The highest BCUT2D eigenvalue weighted by atomic mass is 32.1. The molecule has 0 aromatic carbocycles. The van der Waals surface area contributed by atoms with Gasteiger partial charge in [-0.15, -0.1) is 11.3 Å². The molecule has 0 unspecified atom stereocenters. The molecular weight excluding hydrogens is 580 g/mol. The highest BCUT2D eigenvalue weighted by molar-refractivity contribution is 7.07. The summed E-state index contributed by atoms with van der Waals surface area (Å²) < 4.78 is 5.42. The number of aliphatic hydroxyl groups is 2. The minimum atomic E-state index is -1.12. The van der Waals surface area contributed by atoms with Crippen molar-refractivity contribution in [2.45, 2.75) is 110 Å². The monoisotopic (exact) mass is 634 g/mol. The van der Waals surface area contributed by atoms with Crippen molar-refractivity contribution in [1.29, 1.82) is 0 Å². The van der Waals surface area contributed by atoms with Gasteiger partial charge in [-0.3, -0.25) is 14.4 Å². The maximum Gasteiger partial charge on any atom is 0.243 e. The summed E-state index contributed by atoms with van der Waals surface area (Å²) in [6.07, 6.45) is 5.40. The highest BCUT2D eigenvalue weighted by Crippen LogP contribution is 2.51. The van der Waals surface area contributed by atoms with Crippen molar-refractivity contribution in [3.05, 3.63) is 16.6 Å². The Morgan fingerprint density at radius 1 is 1.00 bits per heavy atom. The number of morpholine rings is 1. The number of amides is 3. The van der Waals surface area contributed by atoms with Crippen LogP contribution in [0.5, 0.6) is 0 Å². The predicted molar refractivity (Wildman–Crippen MR) is 170 cm³/mol. The van der Waals surface area contributed by atoms with E-state index in [-0.39, 0.29) is 30.1 Å². The van der Waals surface area contributed by atoms with Crippen LogP contribution in [0.15, 0.2) is 10.9 Å². The molecule has 44 heavy (non-hydrogen) atoms. The molecule has 1 saturated heterocycles. The second kappa shape index (κ2) is 16.5. The Morgan fingerprint density at radius 2 is 1.70 bits per heavy atom. The molecule has 2 saturated carbocycles. The lowest BCUT2D eigenvalue weighted by atomic mass is 9.82. The summed E-state index contributed by atoms with van der Waals surface area (Å²) >= 11 is 1.42. The van der Waals surface area contributed by atoms with E-state index in [2.05, 4.69) is 29.5 Å². The number of hydrogen-bond acceptors (Lipinski definition) is 8. The van der Waals surface area contributed by atoms with Gasteiger partial charge in [0.1, 0.15) is 12.1 Å². The molecule has 10 nitrogen and oxygen atoms in total. The van der Waals surface area contributed by atoms with Crippen LogP contribution in [-0.2, 0) is 25.5 Å². The Bertz CT molecular complexity index is 1060. The fraction of sp³-hybridized carbons (Fsp3) is 0.818. The molecule has 3 amide bonds. The molecule has 1 aliphatic heterocycles. The molecule has 1 aromatic heterocycles. The van der Waals surface area contributed by atoms with E-state index >= 15 is 0 Å². The number of carbonyl (C=O) groups is 3. The van der Waals surface area contributed by atoms with Crippen LogP contribution in [0.25, 0.3) is 0 Å². The maximum atomic E-state index is 13.9. The van der Waals surface area contributed by atoms with Gasteiger partial charge in [-0.2, -0.15) is 0 Å². The zero-order valence-corrected chi connectivity index (χ0v) is 27.8. The maximum absolute atomic E-state index is 13.9. The Balaban J connectivity index is 1.49. The van der Waals surface area contributed by atoms with Gasteiger partial charge in [0.25, 0.3) is 0 Å². The van der Waals surface area contributed by atoms with E-state index in [0.717, 1.165) is 32.1 Å². The number of ether oxygens (including phenoxy) is 1. The van der Waals surface area contributed by atoms with E-state index in [1.165, 1.54) is 17.8 Å². The smallest absolute Gasteiger partial charge is 0.243 e. The lowest BCUT2D eigenvalue weighted by molar-refractivity contribution is -0.138. The van der Waals surface area contributed by atoms with Crippen molar-refractivity contribution in [1.82, 2.24) is 20.5 Å². The van der Waals surface area contributed by atoms with E-state index in [1.807, 2.05) is 19.2 Å². The summed E-state index contributed by atoms with van der Waals surface area (Å²) in [7, 11) is 0. The van der Waals surface area contributed by atoms with Crippen molar-refractivity contribution in [2.75, 3.05) is 26.3 Å². The molecule has 3 fully saturated rings. The van der Waals surface area contributed by atoms with Crippen molar-refractivity contribution in [3.63, 3.8) is 0 Å². The van der Waals surface area contributed by atoms with Gasteiger partial charge in [0.15, 0.2) is 0 Å². The number of aliphatic hydroxyl groups excluding tert-OH is 2. The molecule has 1 aromatic rings. The zero-order chi connectivity index (χ0) is 31.8. The molecule has 7 atom stereocenters. The third-order valence-electron chi connectivity index (χ3n) is 9.51. The number of thiazole rings is 1. The molecular formula is C33H54N4O6S. The first-order chi connectivity index (χ1) is 21.0. The average molecular weight is 635 g/mol. The Morgan fingerprint density at radius 3 is 2.32 bits per heavy atom. The molecule has 3 aliphatic rings. The standard InChI is InChI=1S/C33H54N4O6S/c1-20(2)14-24-28(29(24)33(42)37-10-12-43-13-11-37)32(41)36-26(17-23-18-44-19-34-23)31(40)35-25(16-22-8-6-5-7-9-22)30(39)27(38)15-21(3)4/h18-22,24-30,38-39H,5-17H2,1-4H3,(H,35,40)(H,36,41)/t24-,25-,26-,27-,28+,29+,30+/m0/s1. The molecule has 2 heterocycles. The van der Waals surface area contributed by atoms with Gasteiger partial charge in [-0.25, -0.2) is 4.98 Å². The van der Waals surface area contributed by atoms with E-state index in [9.17, 15) is 24.6 Å². The minimum absolute atomic E-state index is 0.00517. The topological polar surface area (TPSA) is 141 Å². The van der Waals surface area contributed by atoms with E-state index in [4.69, 9.17) is 4.74 Å². The Labute approximate surface area is 266 Å². The lowest BCUT2D eigenvalue weighted by Gasteiger charge is -2.33. The summed E-state index contributed by atoms with van der Waals surface area (Å²) in [4.78, 5) is 47.4. The van der Waals surface area contributed by atoms with Crippen LogP contribution in [0.2, 0.25) is 0 Å². The van der Waals surface area contributed by atoms with Crippen LogP contribution < -0.4 is 10.6 Å². The number of carbonyl (C=O) groups excluding carboxylic acids is 3. The summed E-state index contributed by atoms with van der Waals surface area (Å²) in [6, 6.07) is -1.56. The van der Waals surface area contributed by atoms with Crippen LogP contribution in [0, 0.1) is 35.5 Å². The predicted octanol–water partition coefficient (Wildman–Crippen LogP) is 3.16. The summed E-state index contributed by atoms with van der Waals surface area (Å²) in [6.45, 7) is 10.2. The first-order valence-electron chi connectivity index (χ1n) is 16.8. The third-order valence-corrected chi connectivity index (χ3v) is 10.1. The summed E-state index contributed by atoms with van der Waals surface area (Å²) in [5.41, 5.74) is 2.39. The van der Waals surface area contributed by atoms with Gasteiger partial charge >= 0.3 is 0 Å². The van der Waals surface area contributed by atoms with Gasteiger partial charge in [-0.05, 0) is 42.9 Å². The number of hydrogen-bond donors (Lipinski definition) is 4. The van der Waals surface area contributed by atoms with Crippen LogP contribution in [0.3, 0.4) is 0 Å².